The number of halogens is 3. The molecule has 0 heterocycles. The van der Waals surface area contributed by atoms with Gasteiger partial charge in [-0.2, -0.15) is 13.2 Å². The van der Waals surface area contributed by atoms with E-state index < -0.39 is 11.7 Å². The summed E-state index contributed by atoms with van der Waals surface area (Å²) in [6, 6.07) is 14.5. The van der Waals surface area contributed by atoms with Crippen LogP contribution in [0.1, 0.15) is 23.7 Å². The van der Waals surface area contributed by atoms with E-state index in [1.807, 2.05) is 42.5 Å². The molecule has 2 rings (SSSR count). The monoisotopic (exact) mass is 375 g/mol. The van der Waals surface area contributed by atoms with Crippen LogP contribution in [0, 0.1) is 0 Å². The van der Waals surface area contributed by atoms with Crippen LogP contribution in [0.4, 0.5) is 13.2 Å². The van der Waals surface area contributed by atoms with Crippen molar-refractivity contribution in [1.82, 2.24) is 4.90 Å². The highest BCUT2D eigenvalue weighted by Crippen LogP contribution is 2.32. The SMILES string of the molecule is C=CCN(CC=C)CC[C@@H](Oc1ccc(C(F)(F)F)cc1)c1ccccc1. The number of hydrogen-bond acceptors (Lipinski definition) is 2. The van der Waals surface area contributed by atoms with Crippen molar-refractivity contribution in [2.75, 3.05) is 19.6 Å². The van der Waals surface area contributed by atoms with Crippen LogP contribution < -0.4 is 4.74 Å². The lowest BCUT2D eigenvalue weighted by molar-refractivity contribution is -0.137. The molecule has 0 fully saturated rings. The molecule has 0 spiro atoms. The minimum Gasteiger partial charge on any atom is -0.486 e. The molecule has 0 unspecified atom stereocenters. The molecule has 0 saturated heterocycles. The van der Waals surface area contributed by atoms with Gasteiger partial charge in [-0.05, 0) is 29.8 Å². The van der Waals surface area contributed by atoms with Crippen molar-refractivity contribution in [2.45, 2.75) is 18.7 Å². The summed E-state index contributed by atoms with van der Waals surface area (Å²) in [5.41, 5.74) is 0.295. The van der Waals surface area contributed by atoms with Gasteiger partial charge in [0.2, 0.25) is 0 Å². The second-order valence-electron chi connectivity index (χ2n) is 6.16. The Bertz CT molecular complexity index is 701. The number of ether oxygens (including phenoxy) is 1. The first-order valence-electron chi connectivity index (χ1n) is 8.77. The van der Waals surface area contributed by atoms with E-state index in [1.54, 1.807) is 0 Å². The van der Waals surface area contributed by atoms with E-state index >= 15 is 0 Å². The lowest BCUT2D eigenvalue weighted by Crippen LogP contribution is -2.27. The van der Waals surface area contributed by atoms with Gasteiger partial charge in [0.25, 0.3) is 0 Å². The molecule has 144 valence electrons. The van der Waals surface area contributed by atoms with Gasteiger partial charge in [-0.25, -0.2) is 0 Å². The molecule has 0 saturated carbocycles. The Morgan fingerprint density at radius 3 is 2.04 bits per heavy atom. The van der Waals surface area contributed by atoms with E-state index in [9.17, 15) is 13.2 Å². The number of rotatable bonds is 10. The molecule has 2 aromatic carbocycles. The summed E-state index contributed by atoms with van der Waals surface area (Å²) in [6.07, 6.45) is -0.268. The molecule has 0 aromatic heterocycles. The molecule has 0 amide bonds. The third kappa shape index (κ3) is 6.61. The zero-order chi connectivity index (χ0) is 19.7. The molecule has 0 radical (unpaired) electrons. The first-order chi connectivity index (χ1) is 12.9. The van der Waals surface area contributed by atoms with E-state index in [0.717, 1.165) is 37.3 Å². The van der Waals surface area contributed by atoms with Crippen molar-refractivity contribution in [2.24, 2.45) is 0 Å². The van der Waals surface area contributed by atoms with Gasteiger partial charge < -0.3 is 4.74 Å². The van der Waals surface area contributed by atoms with Crippen LogP contribution in [0.3, 0.4) is 0 Å². The van der Waals surface area contributed by atoms with Crippen molar-refractivity contribution in [3.8, 4) is 5.75 Å². The third-order valence-corrected chi connectivity index (χ3v) is 4.11. The first-order valence-corrected chi connectivity index (χ1v) is 8.77. The Morgan fingerprint density at radius 2 is 1.52 bits per heavy atom. The molecule has 2 aromatic rings. The van der Waals surface area contributed by atoms with Gasteiger partial charge in [0.15, 0.2) is 0 Å². The predicted octanol–water partition coefficient (Wildman–Crippen LogP) is 5.89. The summed E-state index contributed by atoms with van der Waals surface area (Å²) in [5, 5.41) is 0. The summed E-state index contributed by atoms with van der Waals surface area (Å²) in [5.74, 6) is 0.413. The van der Waals surface area contributed by atoms with Crippen LogP contribution in [0.2, 0.25) is 0 Å². The van der Waals surface area contributed by atoms with Gasteiger partial charge in [0.05, 0.1) is 5.56 Å². The fourth-order valence-corrected chi connectivity index (χ4v) is 2.77. The highest BCUT2D eigenvalue weighted by Gasteiger charge is 2.30. The Hall–Kier alpha value is -2.53. The molecule has 2 nitrogen and oxygen atoms in total. The maximum atomic E-state index is 12.7. The van der Waals surface area contributed by atoms with E-state index in [4.69, 9.17) is 4.74 Å². The molecule has 0 aliphatic rings. The van der Waals surface area contributed by atoms with E-state index in [1.165, 1.54) is 12.1 Å². The van der Waals surface area contributed by atoms with Crippen LogP contribution in [0.5, 0.6) is 5.75 Å². The number of hydrogen-bond donors (Lipinski definition) is 0. The summed E-state index contributed by atoms with van der Waals surface area (Å²) in [6.45, 7) is 9.74. The highest BCUT2D eigenvalue weighted by molar-refractivity contribution is 5.30. The van der Waals surface area contributed by atoms with Gasteiger partial charge in [-0.1, -0.05) is 42.5 Å². The standard InChI is InChI=1S/C22H24F3NO/c1-3-15-26(16-4-2)17-14-21(18-8-6-5-7-9-18)27-20-12-10-19(11-13-20)22(23,24)25/h3-13,21H,1-2,14-17H2/t21-/m1/s1. The normalized spacial score (nSPS) is 12.6. The fourth-order valence-electron chi connectivity index (χ4n) is 2.77. The summed E-state index contributed by atoms with van der Waals surface area (Å²) in [4.78, 5) is 2.17. The second-order valence-corrected chi connectivity index (χ2v) is 6.16. The van der Waals surface area contributed by atoms with Gasteiger partial charge in [0, 0.05) is 26.1 Å². The second kappa shape index (κ2) is 9.97. The van der Waals surface area contributed by atoms with Crippen molar-refractivity contribution in [3.63, 3.8) is 0 Å². The van der Waals surface area contributed by atoms with Gasteiger partial charge >= 0.3 is 6.18 Å². The van der Waals surface area contributed by atoms with Crippen LogP contribution in [0.25, 0.3) is 0 Å². The molecule has 5 heteroatoms. The molecule has 0 N–H and O–H groups in total. The lowest BCUT2D eigenvalue weighted by atomic mass is 10.1. The third-order valence-electron chi connectivity index (χ3n) is 4.11. The molecule has 0 aliphatic carbocycles. The van der Waals surface area contributed by atoms with Gasteiger partial charge in [0.1, 0.15) is 11.9 Å². The Labute approximate surface area is 158 Å². The molecule has 27 heavy (non-hydrogen) atoms. The van der Waals surface area contributed by atoms with Crippen molar-refractivity contribution in [3.05, 3.63) is 91.0 Å². The topological polar surface area (TPSA) is 12.5 Å². The smallest absolute Gasteiger partial charge is 0.416 e. The number of nitrogens with zero attached hydrogens (tertiary/aromatic N) is 1. The maximum Gasteiger partial charge on any atom is 0.416 e. The fraction of sp³-hybridized carbons (Fsp3) is 0.273. The average molecular weight is 375 g/mol. The zero-order valence-electron chi connectivity index (χ0n) is 15.2. The quantitative estimate of drug-likeness (QED) is 0.480. The molecule has 0 aliphatic heterocycles. The van der Waals surface area contributed by atoms with Crippen LogP contribution in [-0.2, 0) is 6.18 Å². The van der Waals surface area contributed by atoms with E-state index in [0.29, 0.717) is 12.2 Å². The van der Waals surface area contributed by atoms with E-state index in [-0.39, 0.29) is 6.10 Å². The number of alkyl halides is 3. The Balaban J connectivity index is 2.13. The summed E-state index contributed by atoms with van der Waals surface area (Å²) < 4.78 is 44.2. The van der Waals surface area contributed by atoms with E-state index in [2.05, 4.69) is 18.1 Å². The Kier molecular flexibility index (Phi) is 7.67. The van der Waals surface area contributed by atoms with Crippen LogP contribution in [0.15, 0.2) is 79.9 Å². The van der Waals surface area contributed by atoms with Gasteiger partial charge in [-0.15, -0.1) is 13.2 Å². The molecular weight excluding hydrogens is 351 g/mol. The van der Waals surface area contributed by atoms with Crippen molar-refractivity contribution >= 4 is 0 Å². The van der Waals surface area contributed by atoms with Gasteiger partial charge in [-0.3, -0.25) is 4.90 Å². The maximum absolute atomic E-state index is 12.7. The lowest BCUT2D eigenvalue weighted by Gasteiger charge is -2.24. The highest BCUT2D eigenvalue weighted by atomic mass is 19.4. The Morgan fingerprint density at radius 1 is 0.926 bits per heavy atom. The average Bonchev–Trinajstić information content (AvgIpc) is 2.65. The first kappa shape index (κ1) is 20.8. The summed E-state index contributed by atoms with van der Waals surface area (Å²) in [7, 11) is 0. The predicted molar refractivity (Wildman–Crippen MR) is 103 cm³/mol. The molecule has 0 bridgehead atoms. The van der Waals surface area contributed by atoms with Crippen LogP contribution in [-0.4, -0.2) is 24.5 Å². The minimum absolute atomic E-state index is 0.264. The number of benzene rings is 2. The molecule has 1 atom stereocenters. The van der Waals surface area contributed by atoms with Crippen molar-refractivity contribution in [1.29, 1.82) is 0 Å². The van der Waals surface area contributed by atoms with Crippen molar-refractivity contribution < 1.29 is 17.9 Å². The largest absolute Gasteiger partial charge is 0.486 e. The van der Waals surface area contributed by atoms with Crippen LogP contribution >= 0.6 is 0 Å². The zero-order valence-corrected chi connectivity index (χ0v) is 15.2. The molecular formula is C22H24F3NO. The minimum atomic E-state index is -4.35. The summed E-state index contributed by atoms with van der Waals surface area (Å²) >= 11 is 0.